The van der Waals surface area contributed by atoms with Gasteiger partial charge in [-0.05, 0) is 18.8 Å². The van der Waals surface area contributed by atoms with Gasteiger partial charge in [-0.25, -0.2) is 4.79 Å². The molecule has 1 saturated carbocycles. The van der Waals surface area contributed by atoms with Crippen molar-refractivity contribution in [1.82, 2.24) is 5.32 Å². The predicted octanol–water partition coefficient (Wildman–Crippen LogP) is -0.0478. The molecule has 1 aliphatic carbocycles. The first-order chi connectivity index (χ1) is 9.07. The maximum atomic E-state index is 12.1. The molecule has 2 rings (SSSR count). The highest BCUT2D eigenvalue weighted by Gasteiger charge is 2.45. The van der Waals surface area contributed by atoms with Gasteiger partial charge in [0.2, 0.25) is 5.91 Å². The molecule has 108 valence electrons. The van der Waals surface area contributed by atoms with Gasteiger partial charge in [0.25, 0.3) is 0 Å². The Labute approximate surface area is 113 Å². The number of hydrogen-bond donors (Lipinski definition) is 2. The summed E-state index contributed by atoms with van der Waals surface area (Å²) in [7, 11) is 1.32. The Morgan fingerprint density at radius 1 is 1.47 bits per heavy atom. The minimum atomic E-state index is -1.01. The number of esters is 1. The number of methoxy groups -OCH3 is 1. The Kier molecular flexibility index (Phi) is 4.42. The molecule has 3 atom stereocenters. The summed E-state index contributed by atoms with van der Waals surface area (Å²) in [6.07, 6.45) is 3.87. The lowest BCUT2D eigenvalue weighted by atomic mass is 9.96. The van der Waals surface area contributed by atoms with Gasteiger partial charge in [-0.15, -0.1) is 0 Å². The third-order valence-corrected chi connectivity index (χ3v) is 4.14. The van der Waals surface area contributed by atoms with Crippen LogP contribution in [0.25, 0.3) is 0 Å². The summed E-state index contributed by atoms with van der Waals surface area (Å²) in [6.45, 7) is 0.639. The van der Waals surface area contributed by atoms with E-state index in [2.05, 4.69) is 5.32 Å². The van der Waals surface area contributed by atoms with Crippen molar-refractivity contribution in [2.75, 3.05) is 20.3 Å². The zero-order valence-electron chi connectivity index (χ0n) is 11.3. The monoisotopic (exact) mass is 270 g/mol. The van der Waals surface area contributed by atoms with Crippen molar-refractivity contribution in [3.63, 3.8) is 0 Å². The summed E-state index contributed by atoms with van der Waals surface area (Å²) in [5.74, 6) is -0.357. The molecule has 0 bridgehead atoms. The number of carbonyl (C=O) groups is 2. The third-order valence-electron chi connectivity index (χ3n) is 4.14. The van der Waals surface area contributed by atoms with E-state index in [4.69, 9.17) is 15.2 Å². The quantitative estimate of drug-likeness (QED) is 0.699. The Balaban J connectivity index is 1.94. The lowest BCUT2D eigenvalue weighted by molar-refractivity contribution is -0.151. The molecule has 1 amide bonds. The number of nitrogens with two attached hydrogens (primary N) is 1. The highest BCUT2D eigenvalue weighted by molar-refractivity contribution is 5.88. The van der Waals surface area contributed by atoms with Crippen LogP contribution < -0.4 is 11.1 Å². The molecule has 0 spiro atoms. The van der Waals surface area contributed by atoms with Gasteiger partial charge in [-0.2, -0.15) is 0 Å². The van der Waals surface area contributed by atoms with E-state index in [-0.39, 0.29) is 24.5 Å². The Bertz CT molecular complexity index is 353. The van der Waals surface area contributed by atoms with Gasteiger partial charge in [-0.1, -0.05) is 6.42 Å². The highest BCUT2D eigenvalue weighted by atomic mass is 16.5. The van der Waals surface area contributed by atoms with E-state index in [1.807, 2.05) is 0 Å². The van der Waals surface area contributed by atoms with Crippen LogP contribution in [0.2, 0.25) is 0 Å². The first kappa shape index (κ1) is 14.3. The molecule has 6 nitrogen and oxygen atoms in total. The second kappa shape index (κ2) is 5.88. The third kappa shape index (κ3) is 3.06. The van der Waals surface area contributed by atoms with Crippen LogP contribution >= 0.6 is 0 Å². The Hall–Kier alpha value is -1.14. The molecule has 1 unspecified atom stereocenters. The standard InChI is InChI=1S/C13H22N2O4/c1-18-12(17)13(5-6-19-8-13)15-11(16)7-9-3-2-4-10(9)14/h9-10H,2-8,14H2,1H3,(H,15,16)/t9-,10+,13?/m0/s1. The fourth-order valence-electron chi connectivity index (χ4n) is 2.95. The van der Waals surface area contributed by atoms with Crippen LogP contribution in [0.3, 0.4) is 0 Å². The summed E-state index contributed by atoms with van der Waals surface area (Å²) >= 11 is 0. The summed E-state index contributed by atoms with van der Waals surface area (Å²) in [5, 5.41) is 2.80. The number of hydrogen-bond acceptors (Lipinski definition) is 5. The predicted molar refractivity (Wildman–Crippen MR) is 68.3 cm³/mol. The van der Waals surface area contributed by atoms with Gasteiger partial charge >= 0.3 is 5.97 Å². The van der Waals surface area contributed by atoms with Crippen molar-refractivity contribution < 1.29 is 19.1 Å². The van der Waals surface area contributed by atoms with Crippen molar-refractivity contribution >= 4 is 11.9 Å². The molecular formula is C13H22N2O4. The molecule has 2 fully saturated rings. The molecule has 6 heteroatoms. The van der Waals surface area contributed by atoms with Crippen LogP contribution in [0, 0.1) is 5.92 Å². The fourth-order valence-corrected chi connectivity index (χ4v) is 2.95. The van der Waals surface area contributed by atoms with Gasteiger partial charge in [0.05, 0.1) is 13.7 Å². The maximum Gasteiger partial charge on any atom is 0.334 e. The van der Waals surface area contributed by atoms with Crippen molar-refractivity contribution in [3.8, 4) is 0 Å². The molecule has 2 aliphatic rings. The highest BCUT2D eigenvalue weighted by Crippen LogP contribution is 2.27. The van der Waals surface area contributed by atoms with Gasteiger partial charge < -0.3 is 20.5 Å². The van der Waals surface area contributed by atoms with Gasteiger partial charge in [0, 0.05) is 25.5 Å². The summed E-state index contributed by atoms with van der Waals surface area (Å²) < 4.78 is 10.0. The van der Waals surface area contributed by atoms with Crippen molar-refractivity contribution in [2.24, 2.45) is 11.7 Å². The normalized spacial score (nSPS) is 34.2. The van der Waals surface area contributed by atoms with Crippen LogP contribution in [0.4, 0.5) is 0 Å². The molecule has 0 aromatic rings. The molecular weight excluding hydrogens is 248 g/mol. The van der Waals surface area contributed by atoms with Gasteiger partial charge in [0.15, 0.2) is 5.54 Å². The van der Waals surface area contributed by atoms with Crippen LogP contribution in [0.5, 0.6) is 0 Å². The zero-order chi connectivity index (χ0) is 13.9. The Morgan fingerprint density at radius 2 is 2.26 bits per heavy atom. The molecule has 1 saturated heterocycles. The zero-order valence-corrected chi connectivity index (χ0v) is 11.3. The van der Waals surface area contributed by atoms with Crippen molar-refractivity contribution in [3.05, 3.63) is 0 Å². The van der Waals surface area contributed by atoms with Crippen molar-refractivity contribution in [1.29, 1.82) is 0 Å². The van der Waals surface area contributed by atoms with E-state index < -0.39 is 11.5 Å². The first-order valence-electron chi connectivity index (χ1n) is 6.80. The Morgan fingerprint density at radius 3 is 2.79 bits per heavy atom. The lowest BCUT2D eigenvalue weighted by Gasteiger charge is -2.26. The van der Waals surface area contributed by atoms with Crippen LogP contribution in [-0.4, -0.2) is 43.8 Å². The van der Waals surface area contributed by atoms with Gasteiger partial charge in [-0.3, -0.25) is 4.79 Å². The van der Waals surface area contributed by atoms with Crippen LogP contribution in [0.15, 0.2) is 0 Å². The number of nitrogens with one attached hydrogen (secondary N) is 1. The van der Waals surface area contributed by atoms with E-state index in [1.165, 1.54) is 7.11 Å². The average molecular weight is 270 g/mol. The summed E-state index contributed by atoms with van der Waals surface area (Å²) in [5.41, 5.74) is 4.95. The molecule has 3 N–H and O–H groups in total. The number of amides is 1. The summed E-state index contributed by atoms with van der Waals surface area (Å²) in [4.78, 5) is 23.9. The molecule has 19 heavy (non-hydrogen) atoms. The molecule has 1 aliphatic heterocycles. The SMILES string of the molecule is COC(=O)C1(NC(=O)C[C@@H]2CCC[C@H]2N)CCOC1. The largest absolute Gasteiger partial charge is 0.467 e. The lowest BCUT2D eigenvalue weighted by Crippen LogP contribution is -2.56. The smallest absolute Gasteiger partial charge is 0.334 e. The van der Waals surface area contributed by atoms with Crippen LogP contribution in [0.1, 0.15) is 32.1 Å². The topological polar surface area (TPSA) is 90.7 Å². The number of carbonyl (C=O) groups excluding carboxylic acids is 2. The van der Waals surface area contributed by atoms with Crippen molar-refractivity contribution in [2.45, 2.75) is 43.7 Å². The average Bonchev–Trinajstić information content (AvgIpc) is 3.00. The maximum absolute atomic E-state index is 12.1. The molecule has 0 radical (unpaired) electrons. The van der Waals surface area contributed by atoms with E-state index in [0.717, 1.165) is 19.3 Å². The molecule has 0 aromatic heterocycles. The van der Waals surface area contributed by atoms with E-state index >= 15 is 0 Å². The molecule has 0 aromatic carbocycles. The van der Waals surface area contributed by atoms with Gasteiger partial charge in [0.1, 0.15) is 0 Å². The summed E-state index contributed by atoms with van der Waals surface area (Å²) in [6, 6.07) is 0.0969. The van der Waals surface area contributed by atoms with E-state index in [1.54, 1.807) is 0 Å². The minimum Gasteiger partial charge on any atom is -0.467 e. The molecule has 1 heterocycles. The first-order valence-corrected chi connectivity index (χ1v) is 6.80. The number of ether oxygens (including phenoxy) is 2. The number of rotatable bonds is 4. The second-order valence-corrected chi connectivity index (χ2v) is 5.48. The fraction of sp³-hybridized carbons (Fsp3) is 0.846. The second-order valence-electron chi connectivity index (χ2n) is 5.48. The van der Waals surface area contributed by atoms with E-state index in [0.29, 0.717) is 19.4 Å². The van der Waals surface area contributed by atoms with Crippen LogP contribution in [-0.2, 0) is 19.1 Å². The van der Waals surface area contributed by atoms with E-state index in [9.17, 15) is 9.59 Å². The minimum absolute atomic E-state index is 0.0969.